The number of halogens is 3. The lowest BCUT2D eigenvalue weighted by Gasteiger charge is -2.17. The van der Waals surface area contributed by atoms with Crippen LogP contribution in [0.1, 0.15) is 36.8 Å². The molecule has 0 aliphatic heterocycles. The summed E-state index contributed by atoms with van der Waals surface area (Å²) in [6, 6.07) is 7.39. The normalized spacial score (nSPS) is 19.5. The van der Waals surface area contributed by atoms with E-state index in [-0.39, 0.29) is 11.3 Å². The molecule has 1 unspecified atom stereocenters. The fraction of sp³-hybridized carbons (Fsp3) is 0.462. The Bertz CT molecular complexity index is 449. The molecule has 0 bridgehead atoms. The van der Waals surface area contributed by atoms with Crippen LogP contribution >= 0.6 is 0 Å². The van der Waals surface area contributed by atoms with E-state index in [4.69, 9.17) is 5.26 Å². The van der Waals surface area contributed by atoms with Crippen LogP contribution in [0.2, 0.25) is 0 Å². The third-order valence-electron chi connectivity index (χ3n) is 3.58. The topological polar surface area (TPSA) is 23.8 Å². The molecule has 1 aromatic rings. The van der Waals surface area contributed by atoms with Crippen LogP contribution in [0, 0.1) is 16.7 Å². The fourth-order valence-electron chi connectivity index (χ4n) is 2.06. The van der Waals surface area contributed by atoms with Crippen LogP contribution < -0.4 is 0 Å². The van der Waals surface area contributed by atoms with Crippen molar-refractivity contribution in [3.8, 4) is 6.07 Å². The maximum absolute atomic E-state index is 12.4. The highest BCUT2D eigenvalue weighted by Gasteiger charge is 2.48. The SMILES string of the molecule is CC(c1ccc(C(F)(F)F)cc1)C1(C#N)CC1. The molecule has 90 valence electrons. The number of hydrogen-bond acceptors (Lipinski definition) is 1. The van der Waals surface area contributed by atoms with Crippen LogP contribution in [-0.2, 0) is 6.18 Å². The van der Waals surface area contributed by atoms with Gasteiger partial charge in [-0.2, -0.15) is 18.4 Å². The van der Waals surface area contributed by atoms with E-state index in [0.29, 0.717) is 0 Å². The van der Waals surface area contributed by atoms with Gasteiger partial charge in [0.15, 0.2) is 0 Å². The number of rotatable bonds is 2. The zero-order chi connectivity index (χ0) is 12.7. The van der Waals surface area contributed by atoms with E-state index in [1.54, 1.807) is 0 Å². The number of nitriles is 1. The molecular weight excluding hydrogens is 227 g/mol. The van der Waals surface area contributed by atoms with Crippen molar-refractivity contribution in [1.29, 1.82) is 5.26 Å². The van der Waals surface area contributed by atoms with Crippen molar-refractivity contribution < 1.29 is 13.2 Å². The van der Waals surface area contributed by atoms with Gasteiger partial charge >= 0.3 is 6.18 Å². The lowest BCUT2D eigenvalue weighted by atomic mass is 9.85. The Morgan fingerprint density at radius 3 is 2.12 bits per heavy atom. The maximum Gasteiger partial charge on any atom is 0.416 e. The third kappa shape index (κ3) is 2.14. The molecule has 0 saturated heterocycles. The first kappa shape index (κ1) is 12.0. The van der Waals surface area contributed by atoms with Gasteiger partial charge in [-0.1, -0.05) is 19.1 Å². The molecule has 4 heteroatoms. The average Bonchev–Trinajstić information content (AvgIpc) is 3.08. The van der Waals surface area contributed by atoms with E-state index in [1.807, 2.05) is 6.92 Å². The highest BCUT2D eigenvalue weighted by Crippen LogP contribution is 2.55. The quantitative estimate of drug-likeness (QED) is 0.761. The monoisotopic (exact) mass is 239 g/mol. The largest absolute Gasteiger partial charge is 0.416 e. The second-order valence-electron chi connectivity index (χ2n) is 4.61. The smallest absolute Gasteiger partial charge is 0.198 e. The summed E-state index contributed by atoms with van der Waals surface area (Å²) < 4.78 is 37.1. The van der Waals surface area contributed by atoms with Gasteiger partial charge in [0, 0.05) is 0 Å². The first-order valence-corrected chi connectivity index (χ1v) is 5.47. The molecule has 0 spiro atoms. The number of hydrogen-bond donors (Lipinski definition) is 0. The summed E-state index contributed by atoms with van der Waals surface area (Å²) in [5, 5.41) is 9.04. The van der Waals surface area contributed by atoms with Crippen LogP contribution in [0.4, 0.5) is 13.2 Å². The van der Waals surface area contributed by atoms with E-state index < -0.39 is 11.7 Å². The third-order valence-corrected chi connectivity index (χ3v) is 3.58. The van der Waals surface area contributed by atoms with Gasteiger partial charge in [-0.05, 0) is 36.5 Å². The number of alkyl halides is 3. The predicted octanol–water partition coefficient (Wildman–Crippen LogP) is 4.11. The van der Waals surface area contributed by atoms with Crippen LogP contribution in [0.15, 0.2) is 24.3 Å². The molecule has 2 rings (SSSR count). The number of nitrogens with zero attached hydrogens (tertiary/aromatic N) is 1. The van der Waals surface area contributed by atoms with Gasteiger partial charge in [-0.15, -0.1) is 0 Å². The molecule has 0 N–H and O–H groups in total. The molecular formula is C13H12F3N. The van der Waals surface area contributed by atoms with Crippen molar-refractivity contribution >= 4 is 0 Å². The van der Waals surface area contributed by atoms with Crippen LogP contribution in [0.25, 0.3) is 0 Å². The molecule has 0 amide bonds. The van der Waals surface area contributed by atoms with Gasteiger partial charge in [-0.3, -0.25) is 0 Å². The Hall–Kier alpha value is -1.50. The van der Waals surface area contributed by atoms with E-state index >= 15 is 0 Å². The molecule has 1 nitrogen and oxygen atoms in total. The van der Waals surface area contributed by atoms with Gasteiger partial charge in [-0.25, -0.2) is 0 Å². The summed E-state index contributed by atoms with van der Waals surface area (Å²) in [5.74, 6) is -0.00483. The van der Waals surface area contributed by atoms with Gasteiger partial charge in [0.2, 0.25) is 0 Å². The van der Waals surface area contributed by atoms with Crippen molar-refractivity contribution in [1.82, 2.24) is 0 Å². The number of benzene rings is 1. The Morgan fingerprint density at radius 2 is 1.76 bits per heavy atom. The highest BCUT2D eigenvalue weighted by molar-refractivity contribution is 5.32. The minimum absolute atomic E-state index is 0.00483. The lowest BCUT2D eigenvalue weighted by Crippen LogP contribution is -2.10. The first-order valence-electron chi connectivity index (χ1n) is 5.47. The minimum atomic E-state index is -4.30. The lowest BCUT2D eigenvalue weighted by molar-refractivity contribution is -0.137. The molecule has 1 aliphatic carbocycles. The molecule has 1 aromatic carbocycles. The zero-order valence-corrected chi connectivity index (χ0v) is 9.38. The highest BCUT2D eigenvalue weighted by atomic mass is 19.4. The van der Waals surface area contributed by atoms with Gasteiger partial charge in [0.25, 0.3) is 0 Å². The van der Waals surface area contributed by atoms with E-state index in [0.717, 1.165) is 30.5 Å². The summed E-state index contributed by atoms with van der Waals surface area (Å²) >= 11 is 0. The maximum atomic E-state index is 12.4. The standard InChI is InChI=1S/C13H12F3N/c1-9(12(8-17)6-7-12)10-2-4-11(5-3-10)13(14,15)16/h2-5,9H,6-7H2,1H3. The zero-order valence-electron chi connectivity index (χ0n) is 9.38. The summed E-state index contributed by atoms with van der Waals surface area (Å²) in [5.41, 5.74) is -0.188. The fourth-order valence-corrected chi connectivity index (χ4v) is 2.06. The van der Waals surface area contributed by atoms with Crippen molar-refractivity contribution in [3.05, 3.63) is 35.4 Å². The second-order valence-corrected chi connectivity index (χ2v) is 4.61. The molecule has 0 aromatic heterocycles. The minimum Gasteiger partial charge on any atom is -0.198 e. The Kier molecular flexibility index (Phi) is 2.65. The molecule has 17 heavy (non-hydrogen) atoms. The second kappa shape index (κ2) is 3.76. The van der Waals surface area contributed by atoms with Gasteiger partial charge in [0.1, 0.15) is 0 Å². The molecule has 1 aliphatic rings. The van der Waals surface area contributed by atoms with Crippen molar-refractivity contribution in [2.45, 2.75) is 31.9 Å². The van der Waals surface area contributed by atoms with Gasteiger partial charge in [0.05, 0.1) is 17.0 Å². The summed E-state index contributed by atoms with van der Waals surface area (Å²) in [7, 11) is 0. The Balaban J connectivity index is 2.22. The van der Waals surface area contributed by atoms with E-state index in [1.165, 1.54) is 12.1 Å². The molecule has 0 heterocycles. The van der Waals surface area contributed by atoms with Gasteiger partial charge < -0.3 is 0 Å². The van der Waals surface area contributed by atoms with Crippen LogP contribution in [0.5, 0.6) is 0 Å². The molecule has 1 saturated carbocycles. The predicted molar refractivity (Wildman–Crippen MR) is 57.1 cm³/mol. The van der Waals surface area contributed by atoms with Crippen molar-refractivity contribution in [3.63, 3.8) is 0 Å². The summed E-state index contributed by atoms with van der Waals surface area (Å²) in [6.07, 6.45) is -2.62. The van der Waals surface area contributed by atoms with E-state index in [9.17, 15) is 13.2 Å². The van der Waals surface area contributed by atoms with E-state index in [2.05, 4.69) is 6.07 Å². The molecule has 1 fully saturated rings. The first-order chi connectivity index (χ1) is 7.89. The summed E-state index contributed by atoms with van der Waals surface area (Å²) in [4.78, 5) is 0. The molecule has 1 atom stereocenters. The van der Waals surface area contributed by atoms with Crippen LogP contribution in [-0.4, -0.2) is 0 Å². The Morgan fingerprint density at radius 1 is 1.24 bits per heavy atom. The summed E-state index contributed by atoms with van der Waals surface area (Å²) in [6.45, 7) is 1.90. The Labute approximate surface area is 97.9 Å². The molecule has 0 radical (unpaired) electrons. The van der Waals surface area contributed by atoms with Crippen molar-refractivity contribution in [2.75, 3.05) is 0 Å². The van der Waals surface area contributed by atoms with Crippen molar-refractivity contribution in [2.24, 2.45) is 5.41 Å². The average molecular weight is 239 g/mol. The van der Waals surface area contributed by atoms with Crippen LogP contribution in [0.3, 0.4) is 0 Å².